The number of hydrogen-bond donors (Lipinski definition) is 1. The Kier molecular flexibility index (Phi) is 4.66. The van der Waals surface area contributed by atoms with E-state index in [9.17, 15) is 4.79 Å². The van der Waals surface area contributed by atoms with Gasteiger partial charge in [-0.25, -0.2) is 4.79 Å². The van der Waals surface area contributed by atoms with Crippen LogP contribution in [0, 0.1) is 0 Å². The van der Waals surface area contributed by atoms with Gasteiger partial charge in [-0.3, -0.25) is 0 Å². The largest absolute Gasteiger partial charge is 0.497 e. The van der Waals surface area contributed by atoms with Crippen LogP contribution in [0.3, 0.4) is 0 Å². The van der Waals surface area contributed by atoms with Gasteiger partial charge >= 0.3 is 5.97 Å². The summed E-state index contributed by atoms with van der Waals surface area (Å²) in [6.07, 6.45) is 0. The Morgan fingerprint density at radius 3 is 2.62 bits per heavy atom. The number of para-hydroxylation sites is 1. The first-order chi connectivity index (χ1) is 10.2. The van der Waals surface area contributed by atoms with E-state index >= 15 is 0 Å². The SMILES string of the molecule is COC(=O)c1cccc(N)c1OCc1cccc(OC)c1. The zero-order chi connectivity index (χ0) is 15.2. The van der Waals surface area contributed by atoms with Crippen LogP contribution < -0.4 is 15.2 Å². The molecule has 2 N–H and O–H groups in total. The Hall–Kier alpha value is -2.69. The van der Waals surface area contributed by atoms with Gasteiger partial charge in [0.15, 0.2) is 5.75 Å². The van der Waals surface area contributed by atoms with E-state index in [0.29, 0.717) is 17.0 Å². The zero-order valence-corrected chi connectivity index (χ0v) is 12.0. The van der Waals surface area contributed by atoms with Crippen molar-refractivity contribution in [2.75, 3.05) is 20.0 Å². The smallest absolute Gasteiger partial charge is 0.341 e. The highest BCUT2D eigenvalue weighted by molar-refractivity contribution is 5.94. The minimum Gasteiger partial charge on any atom is -0.497 e. The molecule has 0 amide bonds. The van der Waals surface area contributed by atoms with Gasteiger partial charge in [0.05, 0.1) is 19.9 Å². The molecule has 0 bridgehead atoms. The first-order valence-electron chi connectivity index (χ1n) is 6.38. The van der Waals surface area contributed by atoms with E-state index in [4.69, 9.17) is 19.9 Å². The number of esters is 1. The second-order valence-corrected chi connectivity index (χ2v) is 4.36. The molecule has 0 saturated heterocycles. The molecule has 0 aromatic heterocycles. The van der Waals surface area contributed by atoms with Crippen molar-refractivity contribution in [1.29, 1.82) is 0 Å². The van der Waals surface area contributed by atoms with Crippen molar-refractivity contribution in [3.63, 3.8) is 0 Å². The van der Waals surface area contributed by atoms with E-state index in [0.717, 1.165) is 11.3 Å². The third-order valence-corrected chi connectivity index (χ3v) is 2.97. The number of methoxy groups -OCH3 is 2. The standard InChI is InChI=1S/C16H17NO4/c1-19-12-6-3-5-11(9-12)10-21-15-13(16(18)20-2)7-4-8-14(15)17/h3-9H,10,17H2,1-2H3. The molecule has 5 heteroatoms. The lowest BCUT2D eigenvalue weighted by Gasteiger charge is -2.13. The van der Waals surface area contributed by atoms with E-state index in [2.05, 4.69) is 0 Å². The molecule has 0 saturated carbocycles. The number of nitrogens with two attached hydrogens (primary N) is 1. The topological polar surface area (TPSA) is 70.8 Å². The summed E-state index contributed by atoms with van der Waals surface area (Å²) in [6, 6.07) is 12.4. The van der Waals surface area contributed by atoms with Crippen molar-refractivity contribution < 1.29 is 19.0 Å². The number of rotatable bonds is 5. The summed E-state index contributed by atoms with van der Waals surface area (Å²) in [7, 11) is 2.92. The Labute approximate surface area is 123 Å². The van der Waals surface area contributed by atoms with E-state index in [1.165, 1.54) is 7.11 Å². The van der Waals surface area contributed by atoms with Gasteiger partial charge in [0.2, 0.25) is 0 Å². The molecule has 2 aromatic rings. The highest BCUT2D eigenvalue weighted by atomic mass is 16.5. The summed E-state index contributed by atoms with van der Waals surface area (Å²) in [6.45, 7) is 0.273. The monoisotopic (exact) mass is 287 g/mol. The van der Waals surface area contributed by atoms with Crippen LogP contribution in [0.15, 0.2) is 42.5 Å². The van der Waals surface area contributed by atoms with Gasteiger partial charge in [0, 0.05) is 0 Å². The van der Waals surface area contributed by atoms with E-state index < -0.39 is 5.97 Å². The average molecular weight is 287 g/mol. The lowest BCUT2D eigenvalue weighted by Crippen LogP contribution is -2.08. The number of carbonyl (C=O) groups excluding carboxylic acids is 1. The summed E-state index contributed by atoms with van der Waals surface area (Å²) in [4.78, 5) is 11.7. The fourth-order valence-electron chi connectivity index (χ4n) is 1.90. The number of nitrogen functional groups attached to an aromatic ring is 1. The number of carbonyl (C=O) groups is 1. The lowest BCUT2D eigenvalue weighted by molar-refractivity contribution is 0.0595. The first-order valence-corrected chi connectivity index (χ1v) is 6.38. The van der Waals surface area contributed by atoms with Gasteiger partial charge in [-0.1, -0.05) is 18.2 Å². The van der Waals surface area contributed by atoms with E-state index in [-0.39, 0.29) is 6.61 Å². The Bertz CT molecular complexity index is 640. The second-order valence-electron chi connectivity index (χ2n) is 4.36. The quantitative estimate of drug-likeness (QED) is 0.676. The van der Waals surface area contributed by atoms with Gasteiger partial charge < -0.3 is 19.9 Å². The molecule has 5 nitrogen and oxygen atoms in total. The molecular formula is C16H17NO4. The summed E-state index contributed by atoms with van der Waals surface area (Å²) >= 11 is 0. The van der Waals surface area contributed by atoms with Gasteiger partial charge in [-0.15, -0.1) is 0 Å². The third-order valence-electron chi connectivity index (χ3n) is 2.97. The van der Waals surface area contributed by atoms with Gasteiger partial charge in [-0.05, 0) is 29.8 Å². The number of benzene rings is 2. The van der Waals surface area contributed by atoms with Crippen molar-refractivity contribution >= 4 is 11.7 Å². The Balaban J connectivity index is 2.21. The number of ether oxygens (including phenoxy) is 3. The predicted octanol–water partition coefficient (Wildman–Crippen LogP) is 2.64. The molecular weight excluding hydrogens is 270 g/mol. The van der Waals surface area contributed by atoms with Crippen LogP contribution in [0.2, 0.25) is 0 Å². The fourth-order valence-corrected chi connectivity index (χ4v) is 1.90. The Morgan fingerprint density at radius 2 is 1.90 bits per heavy atom. The maximum Gasteiger partial charge on any atom is 0.341 e. The molecule has 2 aromatic carbocycles. The summed E-state index contributed by atoms with van der Waals surface area (Å²) < 4.78 is 15.6. The predicted molar refractivity (Wildman–Crippen MR) is 79.5 cm³/mol. The van der Waals surface area contributed by atoms with Crippen molar-refractivity contribution in [3.8, 4) is 11.5 Å². The molecule has 110 valence electrons. The van der Waals surface area contributed by atoms with Crippen LogP contribution in [0.4, 0.5) is 5.69 Å². The number of anilines is 1. The second kappa shape index (κ2) is 6.65. The molecule has 0 aliphatic carbocycles. The highest BCUT2D eigenvalue weighted by Gasteiger charge is 2.15. The van der Waals surface area contributed by atoms with Gasteiger partial charge in [0.1, 0.15) is 17.9 Å². The van der Waals surface area contributed by atoms with E-state index in [1.54, 1.807) is 25.3 Å². The molecule has 2 rings (SSSR count). The molecule has 0 fully saturated rings. The lowest BCUT2D eigenvalue weighted by atomic mass is 10.1. The van der Waals surface area contributed by atoms with Crippen LogP contribution in [0.5, 0.6) is 11.5 Å². The fraction of sp³-hybridized carbons (Fsp3) is 0.188. The molecule has 21 heavy (non-hydrogen) atoms. The summed E-state index contributed by atoms with van der Waals surface area (Å²) in [5.74, 6) is 0.584. The molecule has 0 unspecified atom stereocenters. The molecule has 0 radical (unpaired) electrons. The molecule has 0 atom stereocenters. The van der Waals surface area contributed by atoms with Crippen LogP contribution in [0.25, 0.3) is 0 Å². The van der Waals surface area contributed by atoms with Crippen LogP contribution >= 0.6 is 0 Å². The van der Waals surface area contributed by atoms with Crippen LogP contribution in [-0.2, 0) is 11.3 Å². The minimum atomic E-state index is -0.483. The van der Waals surface area contributed by atoms with Crippen LogP contribution in [-0.4, -0.2) is 20.2 Å². The van der Waals surface area contributed by atoms with Gasteiger partial charge in [0.25, 0.3) is 0 Å². The first kappa shape index (κ1) is 14.7. The highest BCUT2D eigenvalue weighted by Crippen LogP contribution is 2.28. The molecule has 0 heterocycles. The van der Waals surface area contributed by atoms with Crippen molar-refractivity contribution in [2.24, 2.45) is 0 Å². The third kappa shape index (κ3) is 3.45. The number of hydrogen-bond acceptors (Lipinski definition) is 5. The van der Waals surface area contributed by atoms with Crippen LogP contribution in [0.1, 0.15) is 15.9 Å². The Morgan fingerprint density at radius 1 is 1.14 bits per heavy atom. The zero-order valence-electron chi connectivity index (χ0n) is 12.0. The maximum absolute atomic E-state index is 11.7. The average Bonchev–Trinajstić information content (AvgIpc) is 2.53. The molecule has 0 aliphatic rings. The summed E-state index contributed by atoms with van der Waals surface area (Å²) in [5.41, 5.74) is 7.48. The van der Waals surface area contributed by atoms with Crippen molar-refractivity contribution in [2.45, 2.75) is 6.61 Å². The maximum atomic E-state index is 11.7. The molecule has 0 aliphatic heterocycles. The summed E-state index contributed by atoms with van der Waals surface area (Å²) in [5, 5.41) is 0. The normalized spacial score (nSPS) is 10.0. The minimum absolute atomic E-state index is 0.273. The van der Waals surface area contributed by atoms with Gasteiger partial charge in [-0.2, -0.15) is 0 Å². The van der Waals surface area contributed by atoms with Crippen molar-refractivity contribution in [3.05, 3.63) is 53.6 Å². The molecule has 0 spiro atoms. The van der Waals surface area contributed by atoms with Crippen molar-refractivity contribution in [1.82, 2.24) is 0 Å². The van der Waals surface area contributed by atoms with E-state index in [1.807, 2.05) is 24.3 Å².